The molecular weight excluding hydrogens is 270 g/mol. The number of nitrogens with zero attached hydrogens (tertiary/aromatic N) is 1. The first kappa shape index (κ1) is 14.7. The van der Waals surface area contributed by atoms with E-state index in [1.807, 2.05) is 44.2 Å². The van der Waals surface area contributed by atoms with Gasteiger partial charge in [-0.05, 0) is 19.4 Å². The molecule has 2 fully saturated rings. The summed E-state index contributed by atoms with van der Waals surface area (Å²) in [5.41, 5.74) is 0.463. The number of hydrogen-bond donors (Lipinski definition) is 1. The molecule has 0 spiro atoms. The Morgan fingerprint density at radius 2 is 2.05 bits per heavy atom. The number of fused-ring (bicyclic) bond motifs is 2. The van der Waals surface area contributed by atoms with Crippen LogP contribution in [0, 0.1) is 5.92 Å². The predicted molar refractivity (Wildman–Crippen MR) is 76.3 cm³/mol. The third kappa shape index (κ3) is 2.62. The highest BCUT2D eigenvalue weighted by atomic mass is 16.7. The largest absolute Gasteiger partial charge is 0.394 e. The maximum atomic E-state index is 12.7. The smallest absolute Gasteiger partial charge is 0.163 e. The van der Waals surface area contributed by atoms with Crippen LogP contribution in [0.5, 0.6) is 0 Å². The van der Waals surface area contributed by atoms with E-state index in [4.69, 9.17) is 9.57 Å². The SMILES string of the molecule is CC1(C)O[C@H](CO)[C@H]2C(=O)[C@H]1CON2Cc1ccccc1. The van der Waals surface area contributed by atoms with Gasteiger partial charge >= 0.3 is 0 Å². The summed E-state index contributed by atoms with van der Waals surface area (Å²) >= 11 is 0. The zero-order valence-corrected chi connectivity index (χ0v) is 12.4. The van der Waals surface area contributed by atoms with Gasteiger partial charge in [-0.15, -0.1) is 0 Å². The second-order valence-corrected chi connectivity index (χ2v) is 6.20. The van der Waals surface area contributed by atoms with Crippen molar-refractivity contribution in [2.45, 2.75) is 38.1 Å². The molecule has 2 saturated heterocycles. The minimum atomic E-state index is -0.597. The van der Waals surface area contributed by atoms with Gasteiger partial charge in [-0.3, -0.25) is 9.63 Å². The lowest BCUT2D eigenvalue weighted by Gasteiger charge is -2.51. The van der Waals surface area contributed by atoms with Gasteiger partial charge in [0.15, 0.2) is 5.78 Å². The van der Waals surface area contributed by atoms with Gasteiger partial charge in [-0.1, -0.05) is 30.3 Å². The van der Waals surface area contributed by atoms with Crippen LogP contribution in [0.3, 0.4) is 0 Å². The third-order valence-electron chi connectivity index (χ3n) is 4.36. The lowest BCUT2D eigenvalue weighted by atomic mass is 9.79. The van der Waals surface area contributed by atoms with Crippen LogP contribution in [0.1, 0.15) is 19.4 Å². The van der Waals surface area contributed by atoms with Gasteiger partial charge in [0.25, 0.3) is 0 Å². The van der Waals surface area contributed by atoms with Crippen LogP contribution in [0.2, 0.25) is 0 Å². The summed E-state index contributed by atoms with van der Waals surface area (Å²) in [4.78, 5) is 18.5. The van der Waals surface area contributed by atoms with Crippen molar-refractivity contribution < 1.29 is 19.5 Å². The summed E-state index contributed by atoms with van der Waals surface area (Å²) in [6.45, 7) is 4.40. The molecule has 0 saturated carbocycles. The zero-order chi connectivity index (χ0) is 15.0. The summed E-state index contributed by atoms with van der Waals surface area (Å²) in [5, 5.41) is 11.2. The first-order chi connectivity index (χ1) is 10.0. The van der Waals surface area contributed by atoms with Crippen molar-refractivity contribution in [3.8, 4) is 0 Å². The van der Waals surface area contributed by atoms with E-state index in [0.29, 0.717) is 13.2 Å². The van der Waals surface area contributed by atoms with E-state index in [0.717, 1.165) is 5.56 Å². The maximum absolute atomic E-state index is 12.7. The molecule has 2 bridgehead atoms. The maximum Gasteiger partial charge on any atom is 0.163 e. The van der Waals surface area contributed by atoms with Gasteiger partial charge in [0.1, 0.15) is 12.1 Å². The standard InChI is InChI=1S/C16H21NO4/c1-16(2)12-10-20-17(8-11-6-4-3-5-7-11)14(15(12)19)13(9-18)21-16/h3-7,12-14,18H,8-10H2,1-2H3/t12-,13-,14+/m1/s1. The number of ketones is 1. The number of aliphatic hydroxyl groups excluding tert-OH is 1. The average Bonchev–Trinajstić information content (AvgIpc) is 2.45. The van der Waals surface area contributed by atoms with E-state index < -0.39 is 17.7 Å². The van der Waals surface area contributed by atoms with Crippen LogP contribution in [0.25, 0.3) is 0 Å². The van der Waals surface area contributed by atoms with Gasteiger partial charge in [-0.25, -0.2) is 0 Å². The molecule has 1 aromatic carbocycles. The number of hydrogen-bond acceptors (Lipinski definition) is 5. The van der Waals surface area contributed by atoms with Crippen molar-refractivity contribution in [2.24, 2.45) is 5.92 Å². The highest BCUT2D eigenvalue weighted by molar-refractivity contribution is 5.89. The number of ether oxygens (including phenoxy) is 1. The molecule has 5 heteroatoms. The lowest BCUT2D eigenvalue weighted by molar-refractivity contribution is -0.297. The molecule has 3 rings (SSSR count). The minimum Gasteiger partial charge on any atom is -0.394 e. The number of benzene rings is 1. The van der Waals surface area contributed by atoms with Gasteiger partial charge < -0.3 is 9.84 Å². The fraction of sp³-hybridized carbons (Fsp3) is 0.562. The second-order valence-electron chi connectivity index (χ2n) is 6.20. The fourth-order valence-electron chi connectivity index (χ4n) is 3.17. The number of carbonyl (C=O) groups excluding carboxylic acids is 1. The number of hydroxylamine groups is 2. The van der Waals surface area contributed by atoms with Gasteiger partial charge in [0, 0.05) is 0 Å². The lowest BCUT2D eigenvalue weighted by Crippen LogP contribution is -2.67. The molecule has 21 heavy (non-hydrogen) atoms. The van der Waals surface area contributed by atoms with Crippen LogP contribution in [-0.2, 0) is 20.9 Å². The zero-order valence-electron chi connectivity index (χ0n) is 12.4. The molecule has 0 unspecified atom stereocenters. The average molecular weight is 291 g/mol. The molecule has 2 heterocycles. The molecule has 1 aromatic rings. The Bertz CT molecular complexity index is 516. The number of aliphatic hydroxyl groups is 1. The Hall–Kier alpha value is -1.27. The van der Waals surface area contributed by atoms with Crippen LogP contribution in [-0.4, -0.2) is 46.9 Å². The van der Waals surface area contributed by atoms with Crippen LogP contribution < -0.4 is 0 Å². The van der Waals surface area contributed by atoms with Crippen LogP contribution in [0.4, 0.5) is 0 Å². The Labute approximate surface area is 124 Å². The van der Waals surface area contributed by atoms with E-state index >= 15 is 0 Å². The Morgan fingerprint density at radius 1 is 1.33 bits per heavy atom. The molecule has 1 N–H and O–H groups in total. The first-order valence-corrected chi connectivity index (χ1v) is 7.29. The molecule has 0 aromatic heterocycles. The Morgan fingerprint density at radius 3 is 2.71 bits per heavy atom. The monoisotopic (exact) mass is 291 g/mol. The summed E-state index contributed by atoms with van der Waals surface area (Å²) in [6.07, 6.45) is -0.548. The summed E-state index contributed by atoms with van der Waals surface area (Å²) in [6, 6.07) is 9.29. The highest BCUT2D eigenvalue weighted by Crippen LogP contribution is 2.37. The summed E-state index contributed by atoms with van der Waals surface area (Å²) in [5.74, 6) is -0.176. The van der Waals surface area contributed by atoms with E-state index in [1.54, 1.807) is 5.06 Å². The van der Waals surface area contributed by atoms with Crippen molar-refractivity contribution in [2.75, 3.05) is 13.2 Å². The molecule has 2 aliphatic rings. The van der Waals surface area contributed by atoms with Crippen LogP contribution in [0.15, 0.2) is 30.3 Å². The molecule has 114 valence electrons. The normalized spacial score (nSPS) is 32.1. The second kappa shape index (κ2) is 5.50. The first-order valence-electron chi connectivity index (χ1n) is 7.29. The van der Waals surface area contributed by atoms with E-state index in [2.05, 4.69) is 0 Å². The number of carbonyl (C=O) groups is 1. The van der Waals surface area contributed by atoms with E-state index in [9.17, 15) is 9.90 Å². The van der Waals surface area contributed by atoms with Gasteiger partial charge in [0.2, 0.25) is 0 Å². The Balaban J connectivity index is 1.84. The molecule has 0 aliphatic carbocycles. The van der Waals surface area contributed by atoms with Crippen molar-refractivity contribution in [3.05, 3.63) is 35.9 Å². The number of Topliss-reactive ketones (excluding diaryl/α,β-unsaturated/α-hetero) is 1. The molecule has 2 aliphatic heterocycles. The van der Waals surface area contributed by atoms with E-state index in [-0.39, 0.29) is 18.3 Å². The predicted octanol–water partition coefficient (Wildman–Crippen LogP) is 1.16. The summed E-state index contributed by atoms with van der Waals surface area (Å²) in [7, 11) is 0. The van der Waals surface area contributed by atoms with E-state index in [1.165, 1.54) is 0 Å². The van der Waals surface area contributed by atoms with Crippen molar-refractivity contribution in [3.63, 3.8) is 0 Å². The van der Waals surface area contributed by atoms with Crippen LogP contribution >= 0.6 is 0 Å². The molecule has 0 amide bonds. The molecular formula is C16H21NO4. The molecule has 0 radical (unpaired) electrons. The molecule has 3 atom stereocenters. The van der Waals surface area contributed by atoms with Gasteiger partial charge in [0.05, 0.1) is 31.3 Å². The Kier molecular flexibility index (Phi) is 3.84. The highest BCUT2D eigenvalue weighted by Gasteiger charge is 2.54. The summed E-state index contributed by atoms with van der Waals surface area (Å²) < 4.78 is 5.94. The third-order valence-corrected chi connectivity index (χ3v) is 4.36. The topological polar surface area (TPSA) is 59.0 Å². The quantitative estimate of drug-likeness (QED) is 0.905. The van der Waals surface area contributed by atoms with Crippen molar-refractivity contribution in [1.82, 2.24) is 5.06 Å². The fourth-order valence-corrected chi connectivity index (χ4v) is 3.17. The molecule has 5 nitrogen and oxygen atoms in total. The van der Waals surface area contributed by atoms with Crippen molar-refractivity contribution in [1.29, 1.82) is 0 Å². The van der Waals surface area contributed by atoms with Crippen molar-refractivity contribution >= 4 is 5.78 Å². The van der Waals surface area contributed by atoms with Gasteiger partial charge in [-0.2, -0.15) is 5.06 Å². The minimum absolute atomic E-state index is 0.104. The number of rotatable bonds is 3.